The summed E-state index contributed by atoms with van der Waals surface area (Å²) in [5.41, 5.74) is 17.3. The van der Waals surface area contributed by atoms with Crippen LogP contribution in [0.15, 0.2) is 60.7 Å². The SMILES string of the molecule is CCCCCc1cccc(C2=CC=C(c3cccc(CCCC)c3)[N+]2=[N-])c1.C[CH2][Pd][CH2]C. The first kappa shape index (κ1) is 26.4. The van der Waals surface area contributed by atoms with Crippen molar-refractivity contribution in [3.63, 3.8) is 0 Å². The third kappa shape index (κ3) is 8.27. The maximum absolute atomic E-state index is 10.8. The van der Waals surface area contributed by atoms with Crippen molar-refractivity contribution >= 4 is 11.4 Å². The number of nitrogens with zero attached hydrogens (tertiary/aromatic N) is 2. The van der Waals surface area contributed by atoms with Gasteiger partial charge in [-0.1, -0.05) is 57.4 Å². The second-order valence-electron chi connectivity index (χ2n) is 7.98. The molecule has 3 heteroatoms. The van der Waals surface area contributed by atoms with Gasteiger partial charge in [0.25, 0.3) is 0 Å². The van der Waals surface area contributed by atoms with E-state index in [0.717, 1.165) is 53.3 Å². The third-order valence-electron chi connectivity index (χ3n) is 5.51. The van der Waals surface area contributed by atoms with Crippen LogP contribution in [0.5, 0.6) is 0 Å². The van der Waals surface area contributed by atoms with Crippen molar-refractivity contribution in [1.82, 2.24) is 0 Å². The summed E-state index contributed by atoms with van der Waals surface area (Å²) in [5.74, 6) is 0. The summed E-state index contributed by atoms with van der Waals surface area (Å²) in [6, 6.07) is 17.1. The molecular weight excluding hydrogens is 483 g/mol. The Morgan fingerprint density at radius 2 is 1.19 bits per heavy atom. The number of unbranched alkanes of at least 4 members (excludes halogenated alkanes) is 3. The van der Waals surface area contributed by atoms with E-state index in [1.807, 2.05) is 12.2 Å². The van der Waals surface area contributed by atoms with Crippen LogP contribution >= 0.6 is 0 Å². The van der Waals surface area contributed by atoms with Gasteiger partial charge in [-0.15, -0.1) is 0 Å². The molecule has 1 heterocycles. The molecule has 0 radical (unpaired) electrons. The Kier molecular flexibility index (Phi) is 12.5. The van der Waals surface area contributed by atoms with Crippen LogP contribution in [0, 0.1) is 0 Å². The van der Waals surface area contributed by atoms with Crippen LogP contribution in [0.2, 0.25) is 9.79 Å². The van der Waals surface area contributed by atoms with Crippen molar-refractivity contribution < 1.29 is 22.7 Å². The standard InChI is InChI=1S/C25H30N2.2C2H5.Pd/c1-3-5-7-11-21-13-9-15-23(19-21)25-17-16-24(27(25)26)22-14-8-12-20(18-22)10-6-4-2;2*1-2;/h8-9,12-19H,3-7,10-11H2,1-2H3;2*1H2,2H3;. The Hall–Kier alpha value is -1.82. The molecule has 0 saturated heterocycles. The Morgan fingerprint density at radius 1 is 0.688 bits per heavy atom. The molecule has 1 aliphatic heterocycles. The average molecular weight is 523 g/mol. The van der Waals surface area contributed by atoms with E-state index >= 15 is 0 Å². The van der Waals surface area contributed by atoms with Gasteiger partial charge in [-0.3, -0.25) is 0 Å². The van der Waals surface area contributed by atoms with Crippen molar-refractivity contribution in [2.45, 2.75) is 82.4 Å². The van der Waals surface area contributed by atoms with Crippen LogP contribution in [-0.2, 0) is 30.8 Å². The summed E-state index contributed by atoms with van der Waals surface area (Å²) in [6.07, 6.45) is 12.3. The molecule has 0 unspecified atom stereocenters. The second-order valence-corrected chi connectivity index (χ2v) is 11.0. The van der Waals surface area contributed by atoms with Gasteiger partial charge in [0.05, 0.1) is 0 Å². The normalized spacial score (nSPS) is 12.9. The third-order valence-corrected chi connectivity index (χ3v) is 7.06. The number of aryl methyl sites for hydroxylation is 2. The summed E-state index contributed by atoms with van der Waals surface area (Å²) >= 11 is 1.04. The first-order chi connectivity index (χ1) is 15.6. The molecule has 2 aromatic rings. The van der Waals surface area contributed by atoms with Crippen LogP contribution < -0.4 is 0 Å². The summed E-state index contributed by atoms with van der Waals surface area (Å²) in [5, 5.41) is 0. The Morgan fingerprint density at radius 3 is 1.62 bits per heavy atom. The second kappa shape index (κ2) is 15.1. The molecule has 0 bridgehead atoms. The first-order valence-electron chi connectivity index (χ1n) is 12.2. The van der Waals surface area contributed by atoms with Gasteiger partial charge in [-0.2, -0.15) is 0 Å². The van der Waals surface area contributed by atoms with Crippen molar-refractivity contribution in [2.24, 2.45) is 0 Å². The van der Waals surface area contributed by atoms with Crippen LogP contribution in [-0.4, -0.2) is 4.70 Å². The van der Waals surface area contributed by atoms with E-state index in [4.69, 9.17) is 0 Å². The van der Waals surface area contributed by atoms with E-state index in [9.17, 15) is 5.53 Å². The summed E-state index contributed by atoms with van der Waals surface area (Å²) in [6.45, 7) is 8.91. The summed E-state index contributed by atoms with van der Waals surface area (Å²) < 4.78 is 1.34. The Labute approximate surface area is 204 Å². The minimum absolute atomic E-state index is 0.847. The topological polar surface area (TPSA) is 25.3 Å². The van der Waals surface area contributed by atoms with E-state index in [-0.39, 0.29) is 0 Å². The molecule has 2 aromatic carbocycles. The molecule has 0 saturated carbocycles. The quantitative estimate of drug-likeness (QED) is 0.160. The minimum atomic E-state index is 0.847. The number of allylic oxidation sites excluding steroid dienone is 2. The van der Waals surface area contributed by atoms with E-state index in [1.54, 1.807) is 0 Å². The number of hydrogen-bond acceptors (Lipinski definition) is 0. The zero-order chi connectivity index (χ0) is 23.2. The van der Waals surface area contributed by atoms with Crippen LogP contribution in [0.4, 0.5) is 0 Å². The van der Waals surface area contributed by atoms with Crippen LogP contribution in [0.25, 0.3) is 16.9 Å². The van der Waals surface area contributed by atoms with Crippen molar-refractivity contribution in [2.75, 3.05) is 0 Å². The van der Waals surface area contributed by atoms with Gasteiger partial charge in [0.2, 0.25) is 11.4 Å². The Bertz CT molecular complexity index is 909. The Balaban J connectivity index is 0.000000654. The molecule has 0 aliphatic carbocycles. The molecular formula is C29H40N2Pd. The zero-order valence-corrected chi connectivity index (χ0v) is 21.9. The van der Waals surface area contributed by atoms with Gasteiger partial charge < -0.3 is 5.53 Å². The van der Waals surface area contributed by atoms with Crippen molar-refractivity contribution in [3.8, 4) is 0 Å². The number of benzene rings is 2. The van der Waals surface area contributed by atoms with E-state index in [1.165, 1.54) is 57.7 Å². The number of hydrogen-bond donors (Lipinski definition) is 0. The monoisotopic (exact) mass is 522 g/mol. The molecule has 0 atom stereocenters. The van der Waals surface area contributed by atoms with Gasteiger partial charge in [-0.05, 0) is 61.1 Å². The van der Waals surface area contributed by atoms with E-state index < -0.39 is 0 Å². The molecule has 0 N–H and O–H groups in total. The molecule has 0 spiro atoms. The van der Waals surface area contributed by atoms with Crippen LogP contribution in [0.1, 0.15) is 82.1 Å². The van der Waals surface area contributed by atoms with Gasteiger partial charge in [0, 0.05) is 23.3 Å². The molecule has 0 aromatic heterocycles. The van der Waals surface area contributed by atoms with Gasteiger partial charge in [0.1, 0.15) is 0 Å². The average Bonchev–Trinajstić information content (AvgIpc) is 3.20. The van der Waals surface area contributed by atoms with Gasteiger partial charge in [-0.25, -0.2) is 4.70 Å². The predicted molar refractivity (Wildman–Crippen MR) is 135 cm³/mol. The van der Waals surface area contributed by atoms with Crippen molar-refractivity contribution in [3.05, 3.63) is 88.5 Å². The zero-order valence-electron chi connectivity index (χ0n) is 20.3. The van der Waals surface area contributed by atoms with E-state index in [0.29, 0.717) is 0 Å². The molecule has 1 aliphatic rings. The molecule has 2 nitrogen and oxygen atoms in total. The molecule has 32 heavy (non-hydrogen) atoms. The summed E-state index contributed by atoms with van der Waals surface area (Å²) in [4.78, 5) is 2.79. The molecule has 176 valence electrons. The molecule has 0 amide bonds. The first-order valence-corrected chi connectivity index (χ1v) is 14.4. The fourth-order valence-electron chi connectivity index (χ4n) is 3.76. The fourth-order valence-corrected chi connectivity index (χ4v) is 4.53. The molecule has 3 rings (SSSR count). The van der Waals surface area contributed by atoms with E-state index in [2.05, 4.69) is 76.2 Å². The van der Waals surface area contributed by atoms with Crippen LogP contribution in [0.3, 0.4) is 0 Å². The fraction of sp³-hybridized carbons (Fsp3) is 0.448. The van der Waals surface area contributed by atoms with Gasteiger partial charge in [0.15, 0.2) is 0 Å². The van der Waals surface area contributed by atoms with Crippen molar-refractivity contribution in [1.29, 1.82) is 0 Å². The summed E-state index contributed by atoms with van der Waals surface area (Å²) in [7, 11) is 0. The predicted octanol–water partition coefficient (Wildman–Crippen LogP) is 9.14. The molecule has 0 fully saturated rings. The van der Waals surface area contributed by atoms with Gasteiger partial charge >= 0.3 is 41.6 Å². The maximum atomic E-state index is 10.8. The number of rotatable bonds is 11.